The van der Waals surface area contributed by atoms with E-state index in [2.05, 4.69) is 11.9 Å². The molecule has 0 radical (unpaired) electrons. The molecule has 1 aliphatic rings. The summed E-state index contributed by atoms with van der Waals surface area (Å²) in [4.78, 5) is 13.4. The SMILES string of the molecule is CN1CCCCC1COc1c(N)cccc1C(=O)O. The first-order chi connectivity index (χ1) is 9.09. The van der Waals surface area contributed by atoms with Crippen LogP contribution in [0.3, 0.4) is 0 Å². The number of likely N-dealkylation sites (N-methyl/N-ethyl adjacent to an activating group) is 1. The fourth-order valence-electron chi connectivity index (χ4n) is 2.42. The highest BCUT2D eigenvalue weighted by Gasteiger charge is 2.21. The number of hydrogen-bond acceptors (Lipinski definition) is 4. The molecule has 5 nitrogen and oxygen atoms in total. The highest BCUT2D eigenvalue weighted by Crippen LogP contribution is 2.27. The maximum absolute atomic E-state index is 11.1. The smallest absolute Gasteiger partial charge is 0.339 e. The van der Waals surface area contributed by atoms with Crippen LogP contribution < -0.4 is 10.5 Å². The molecule has 0 aliphatic carbocycles. The number of aromatic carboxylic acids is 1. The van der Waals surface area contributed by atoms with Gasteiger partial charge in [0.15, 0.2) is 5.75 Å². The minimum Gasteiger partial charge on any atom is -0.489 e. The molecule has 1 unspecified atom stereocenters. The monoisotopic (exact) mass is 264 g/mol. The number of nitrogen functional groups attached to an aromatic ring is 1. The van der Waals surface area contributed by atoms with Gasteiger partial charge in [-0.25, -0.2) is 4.79 Å². The third-order valence-electron chi connectivity index (χ3n) is 3.62. The number of anilines is 1. The lowest BCUT2D eigenvalue weighted by Gasteiger charge is -2.32. The molecule has 3 N–H and O–H groups in total. The normalized spacial score (nSPS) is 20.2. The first kappa shape index (κ1) is 13.7. The molecule has 1 aromatic carbocycles. The molecule has 0 aromatic heterocycles. The molecule has 1 atom stereocenters. The molecule has 0 saturated carbocycles. The number of benzene rings is 1. The van der Waals surface area contributed by atoms with Crippen molar-refractivity contribution in [2.24, 2.45) is 0 Å². The fourth-order valence-corrected chi connectivity index (χ4v) is 2.42. The average Bonchev–Trinajstić information content (AvgIpc) is 2.38. The third kappa shape index (κ3) is 3.17. The van der Waals surface area contributed by atoms with Crippen LogP contribution >= 0.6 is 0 Å². The van der Waals surface area contributed by atoms with Crippen LogP contribution in [-0.4, -0.2) is 42.2 Å². The van der Waals surface area contributed by atoms with Gasteiger partial charge in [-0.2, -0.15) is 0 Å². The summed E-state index contributed by atoms with van der Waals surface area (Å²) in [6.07, 6.45) is 3.47. The van der Waals surface area contributed by atoms with Crippen molar-refractivity contribution in [3.8, 4) is 5.75 Å². The standard InChI is InChI=1S/C14H20N2O3/c1-16-8-3-2-5-10(16)9-19-13-11(14(17)18)6-4-7-12(13)15/h4,6-7,10H,2-3,5,8-9,15H2,1H3,(H,17,18). The summed E-state index contributed by atoms with van der Waals surface area (Å²) in [7, 11) is 2.07. The zero-order chi connectivity index (χ0) is 13.8. The van der Waals surface area contributed by atoms with Crippen LogP contribution in [0.1, 0.15) is 29.6 Å². The number of para-hydroxylation sites is 1. The Balaban J connectivity index is 2.08. The lowest BCUT2D eigenvalue weighted by molar-refractivity contribution is 0.0688. The molecule has 0 spiro atoms. The van der Waals surface area contributed by atoms with Crippen LogP contribution in [0.5, 0.6) is 5.75 Å². The maximum atomic E-state index is 11.1. The van der Waals surface area contributed by atoms with Crippen LogP contribution in [0.15, 0.2) is 18.2 Å². The van der Waals surface area contributed by atoms with Gasteiger partial charge in [0, 0.05) is 6.04 Å². The molecule has 1 heterocycles. The number of nitrogens with two attached hydrogens (primary N) is 1. The molecule has 0 bridgehead atoms. The quantitative estimate of drug-likeness (QED) is 0.811. The molecular formula is C14H20N2O3. The summed E-state index contributed by atoms with van der Waals surface area (Å²) in [5.74, 6) is -0.728. The highest BCUT2D eigenvalue weighted by molar-refractivity contribution is 5.93. The van der Waals surface area contributed by atoms with Gasteiger partial charge in [0.1, 0.15) is 12.2 Å². The Labute approximate surface area is 113 Å². The van der Waals surface area contributed by atoms with E-state index < -0.39 is 5.97 Å². The predicted molar refractivity (Wildman–Crippen MR) is 73.6 cm³/mol. The first-order valence-electron chi connectivity index (χ1n) is 6.54. The first-order valence-corrected chi connectivity index (χ1v) is 6.54. The van der Waals surface area contributed by atoms with E-state index in [1.807, 2.05) is 0 Å². The lowest BCUT2D eigenvalue weighted by Crippen LogP contribution is -2.40. The van der Waals surface area contributed by atoms with Gasteiger partial charge in [-0.1, -0.05) is 12.5 Å². The topological polar surface area (TPSA) is 75.8 Å². The molecule has 0 amide bonds. The summed E-state index contributed by atoms with van der Waals surface area (Å²) in [6.45, 7) is 1.54. The van der Waals surface area contributed by atoms with Gasteiger partial charge >= 0.3 is 5.97 Å². The number of carboxylic acids is 1. The molecule has 1 fully saturated rings. The van der Waals surface area contributed by atoms with Gasteiger partial charge in [0.2, 0.25) is 0 Å². The number of likely N-dealkylation sites (tertiary alicyclic amines) is 1. The summed E-state index contributed by atoms with van der Waals surface area (Å²) < 4.78 is 5.69. The Morgan fingerprint density at radius 1 is 1.53 bits per heavy atom. The predicted octanol–water partition coefficient (Wildman–Crippen LogP) is 1.83. The van der Waals surface area contributed by atoms with E-state index in [9.17, 15) is 4.79 Å². The van der Waals surface area contributed by atoms with E-state index in [-0.39, 0.29) is 11.3 Å². The second kappa shape index (κ2) is 5.93. The van der Waals surface area contributed by atoms with Crippen molar-refractivity contribution in [1.29, 1.82) is 0 Å². The Kier molecular flexibility index (Phi) is 4.27. The number of nitrogens with zero attached hydrogens (tertiary/aromatic N) is 1. The number of rotatable bonds is 4. The minimum absolute atomic E-state index is 0.124. The second-order valence-corrected chi connectivity index (χ2v) is 4.97. The van der Waals surface area contributed by atoms with Crippen LogP contribution in [0, 0.1) is 0 Å². The number of carbonyl (C=O) groups is 1. The molecule has 1 aromatic rings. The van der Waals surface area contributed by atoms with E-state index in [1.54, 1.807) is 12.1 Å². The fraction of sp³-hybridized carbons (Fsp3) is 0.500. The average molecular weight is 264 g/mol. The van der Waals surface area contributed by atoms with Crippen molar-refractivity contribution in [3.05, 3.63) is 23.8 Å². The molecule has 19 heavy (non-hydrogen) atoms. The van der Waals surface area contributed by atoms with Crippen molar-refractivity contribution >= 4 is 11.7 Å². The summed E-state index contributed by atoms with van der Waals surface area (Å²) in [6, 6.07) is 5.12. The number of piperidine rings is 1. The van der Waals surface area contributed by atoms with E-state index >= 15 is 0 Å². The molecule has 104 valence electrons. The van der Waals surface area contributed by atoms with E-state index in [0.717, 1.165) is 13.0 Å². The Bertz CT molecular complexity index is 462. The van der Waals surface area contributed by atoms with Crippen molar-refractivity contribution in [2.45, 2.75) is 25.3 Å². The minimum atomic E-state index is -1.01. The summed E-state index contributed by atoms with van der Waals surface area (Å²) in [5.41, 5.74) is 6.30. The van der Waals surface area contributed by atoms with Gasteiger partial charge in [-0.05, 0) is 38.6 Å². The van der Waals surface area contributed by atoms with Gasteiger partial charge in [0.25, 0.3) is 0 Å². The Morgan fingerprint density at radius 2 is 2.32 bits per heavy atom. The molecule has 2 rings (SSSR count). The van der Waals surface area contributed by atoms with Crippen molar-refractivity contribution < 1.29 is 14.6 Å². The van der Waals surface area contributed by atoms with Crippen LogP contribution in [-0.2, 0) is 0 Å². The van der Waals surface area contributed by atoms with E-state index in [0.29, 0.717) is 18.3 Å². The van der Waals surface area contributed by atoms with Gasteiger partial charge < -0.3 is 20.5 Å². The highest BCUT2D eigenvalue weighted by atomic mass is 16.5. The molecule has 1 saturated heterocycles. The van der Waals surface area contributed by atoms with Crippen molar-refractivity contribution in [3.63, 3.8) is 0 Å². The lowest BCUT2D eigenvalue weighted by atomic mass is 10.0. The van der Waals surface area contributed by atoms with Gasteiger partial charge in [-0.3, -0.25) is 0 Å². The molecular weight excluding hydrogens is 244 g/mol. The van der Waals surface area contributed by atoms with Crippen LogP contribution in [0.4, 0.5) is 5.69 Å². The van der Waals surface area contributed by atoms with Gasteiger partial charge in [-0.15, -0.1) is 0 Å². The van der Waals surface area contributed by atoms with Crippen molar-refractivity contribution in [1.82, 2.24) is 4.90 Å². The van der Waals surface area contributed by atoms with Crippen LogP contribution in [0.2, 0.25) is 0 Å². The zero-order valence-electron chi connectivity index (χ0n) is 11.1. The zero-order valence-corrected chi connectivity index (χ0v) is 11.1. The van der Waals surface area contributed by atoms with E-state index in [1.165, 1.54) is 18.9 Å². The number of hydrogen-bond donors (Lipinski definition) is 2. The van der Waals surface area contributed by atoms with Crippen molar-refractivity contribution in [2.75, 3.05) is 25.9 Å². The second-order valence-electron chi connectivity index (χ2n) is 4.97. The number of carboxylic acid groups (broad SMARTS) is 1. The number of ether oxygens (including phenoxy) is 1. The van der Waals surface area contributed by atoms with Gasteiger partial charge in [0.05, 0.1) is 5.69 Å². The largest absolute Gasteiger partial charge is 0.489 e. The van der Waals surface area contributed by atoms with Crippen LogP contribution in [0.25, 0.3) is 0 Å². The molecule has 1 aliphatic heterocycles. The summed E-state index contributed by atoms with van der Waals surface area (Å²) >= 11 is 0. The van der Waals surface area contributed by atoms with E-state index in [4.69, 9.17) is 15.6 Å². The Hall–Kier alpha value is -1.75. The summed E-state index contributed by atoms with van der Waals surface area (Å²) in [5, 5.41) is 9.13. The Morgan fingerprint density at radius 3 is 3.00 bits per heavy atom. The third-order valence-corrected chi connectivity index (χ3v) is 3.62. The maximum Gasteiger partial charge on any atom is 0.339 e. The molecule has 5 heteroatoms.